The van der Waals surface area contributed by atoms with Crippen LogP contribution in [0, 0.1) is 35.4 Å². The van der Waals surface area contributed by atoms with Crippen LogP contribution in [0.15, 0.2) is 48.7 Å². The normalized spacial score (nSPS) is 31.4. The first kappa shape index (κ1) is 24.5. The highest BCUT2D eigenvalue weighted by Gasteiger charge is 2.54. The van der Waals surface area contributed by atoms with E-state index in [-0.39, 0.29) is 47.8 Å². The van der Waals surface area contributed by atoms with Crippen molar-refractivity contribution in [1.29, 1.82) is 0 Å². The molecule has 0 unspecified atom stereocenters. The number of aromatic nitrogens is 1. The lowest BCUT2D eigenvalue weighted by atomic mass is 9.57. The first-order valence-corrected chi connectivity index (χ1v) is 13.0. The second-order valence-electron chi connectivity index (χ2n) is 10.3. The van der Waals surface area contributed by atoms with Crippen LogP contribution in [0.3, 0.4) is 0 Å². The van der Waals surface area contributed by atoms with E-state index in [1.807, 2.05) is 31.2 Å². The molecule has 2 saturated carbocycles. The van der Waals surface area contributed by atoms with Crippen molar-refractivity contribution in [1.82, 2.24) is 10.3 Å². The molecule has 3 fully saturated rings. The molecule has 36 heavy (non-hydrogen) atoms. The molecule has 1 amide bonds. The summed E-state index contributed by atoms with van der Waals surface area (Å²) < 4.78 is 24.3. The molecule has 1 aromatic heterocycles. The second-order valence-corrected chi connectivity index (χ2v) is 10.3. The van der Waals surface area contributed by atoms with E-state index < -0.39 is 0 Å². The molecule has 5 rings (SSSR count). The quantitative estimate of drug-likeness (QED) is 0.548. The summed E-state index contributed by atoms with van der Waals surface area (Å²) in [7, 11) is 0. The van der Waals surface area contributed by atoms with Crippen molar-refractivity contribution in [2.45, 2.75) is 51.7 Å². The number of esters is 1. The number of carbonyl (C=O) groups is 2. The lowest BCUT2D eigenvalue weighted by Crippen LogP contribution is -2.48. The maximum atomic E-state index is 13.6. The number of carbonyl (C=O) groups excluding carboxylic acids is 2. The predicted octanol–water partition coefficient (Wildman–Crippen LogP) is 5.63. The molecule has 3 aliphatic rings. The molecule has 190 valence electrons. The van der Waals surface area contributed by atoms with E-state index in [1.54, 1.807) is 19.2 Å². The molecule has 7 heteroatoms. The third-order valence-corrected chi connectivity index (χ3v) is 8.18. The Bertz CT molecular complexity index is 1130. The molecule has 6 nitrogen and oxygen atoms in total. The number of benzene rings is 1. The number of ether oxygens (including phenoxy) is 2. The van der Waals surface area contributed by atoms with Gasteiger partial charge in [-0.05, 0) is 87.1 Å². The van der Waals surface area contributed by atoms with E-state index >= 15 is 0 Å². The lowest BCUT2D eigenvalue weighted by molar-refractivity contribution is -0.144. The SMILES string of the molecule is CCOC(=O)N[C@H]1CC[C@@H]2[C@H](C1)C[C@H]1C(=O)O[C@H](C)[C@@H]1[C@@H]2C=Cc1ccc(-c2cccc(F)c2)cn1. The van der Waals surface area contributed by atoms with Gasteiger partial charge in [-0.25, -0.2) is 9.18 Å². The van der Waals surface area contributed by atoms with Gasteiger partial charge in [0.15, 0.2) is 0 Å². The number of pyridine rings is 1. The summed E-state index contributed by atoms with van der Waals surface area (Å²) in [6.45, 7) is 4.15. The van der Waals surface area contributed by atoms with Crippen molar-refractivity contribution in [3.8, 4) is 11.1 Å². The first-order chi connectivity index (χ1) is 17.4. The van der Waals surface area contributed by atoms with Gasteiger partial charge in [-0.2, -0.15) is 0 Å². The number of rotatable bonds is 5. The molecule has 2 aromatic rings. The molecule has 1 N–H and O–H groups in total. The van der Waals surface area contributed by atoms with Crippen LogP contribution in [0.4, 0.5) is 9.18 Å². The molecule has 0 bridgehead atoms. The number of hydrogen-bond donors (Lipinski definition) is 1. The van der Waals surface area contributed by atoms with Crippen LogP contribution in [-0.4, -0.2) is 35.8 Å². The molecule has 0 spiro atoms. The van der Waals surface area contributed by atoms with Crippen molar-refractivity contribution in [3.63, 3.8) is 0 Å². The van der Waals surface area contributed by atoms with Crippen LogP contribution in [0.2, 0.25) is 0 Å². The number of cyclic esters (lactones) is 1. The number of amides is 1. The van der Waals surface area contributed by atoms with E-state index in [0.717, 1.165) is 42.5 Å². The van der Waals surface area contributed by atoms with E-state index in [0.29, 0.717) is 18.4 Å². The van der Waals surface area contributed by atoms with Gasteiger partial charge in [0.2, 0.25) is 0 Å². The summed E-state index contributed by atoms with van der Waals surface area (Å²) in [5.41, 5.74) is 2.48. The summed E-state index contributed by atoms with van der Waals surface area (Å²) in [5.74, 6) is 0.629. The van der Waals surface area contributed by atoms with Gasteiger partial charge in [-0.3, -0.25) is 9.78 Å². The fraction of sp³-hybridized carbons (Fsp3) is 0.483. The Labute approximate surface area is 211 Å². The van der Waals surface area contributed by atoms with Crippen molar-refractivity contribution >= 4 is 18.1 Å². The maximum absolute atomic E-state index is 13.6. The Balaban J connectivity index is 1.34. The fourth-order valence-corrected chi connectivity index (χ4v) is 6.64. The average Bonchev–Trinajstić information content (AvgIpc) is 3.15. The van der Waals surface area contributed by atoms with Crippen LogP contribution in [0.25, 0.3) is 17.2 Å². The van der Waals surface area contributed by atoms with Gasteiger partial charge in [0.05, 0.1) is 18.2 Å². The molecule has 2 heterocycles. The summed E-state index contributed by atoms with van der Waals surface area (Å²) in [5, 5.41) is 3.00. The van der Waals surface area contributed by atoms with E-state index in [2.05, 4.69) is 16.4 Å². The highest BCUT2D eigenvalue weighted by molar-refractivity contribution is 5.75. The van der Waals surface area contributed by atoms with Crippen LogP contribution < -0.4 is 5.32 Å². The zero-order chi connectivity index (χ0) is 25.2. The number of nitrogens with zero attached hydrogens (tertiary/aromatic N) is 1. The van der Waals surface area contributed by atoms with Gasteiger partial charge < -0.3 is 14.8 Å². The Hall–Kier alpha value is -3.22. The molecular formula is C29H33FN2O4. The third-order valence-electron chi connectivity index (χ3n) is 8.18. The maximum Gasteiger partial charge on any atom is 0.407 e. The summed E-state index contributed by atoms with van der Waals surface area (Å²) in [6, 6.07) is 10.4. The lowest BCUT2D eigenvalue weighted by Gasteiger charge is -2.47. The molecular weight excluding hydrogens is 459 g/mol. The Kier molecular flexibility index (Phi) is 7.08. The second kappa shape index (κ2) is 10.4. The molecule has 2 aliphatic carbocycles. The number of alkyl carbamates (subject to hydrolysis) is 1. The minimum Gasteiger partial charge on any atom is -0.462 e. The van der Waals surface area contributed by atoms with Crippen LogP contribution in [-0.2, 0) is 14.3 Å². The van der Waals surface area contributed by atoms with E-state index in [1.165, 1.54) is 12.1 Å². The molecule has 7 atom stereocenters. The van der Waals surface area contributed by atoms with Crippen molar-refractivity contribution < 1.29 is 23.5 Å². The zero-order valence-corrected chi connectivity index (χ0v) is 20.7. The molecule has 1 aromatic carbocycles. The zero-order valence-electron chi connectivity index (χ0n) is 20.7. The van der Waals surface area contributed by atoms with Gasteiger partial charge in [-0.15, -0.1) is 0 Å². The van der Waals surface area contributed by atoms with Crippen molar-refractivity contribution in [2.75, 3.05) is 6.61 Å². The standard InChI is InChI=1S/C29H33FN2O4/c1-3-35-29(34)32-23-10-11-24-20(14-23)15-26-27(17(2)36-28(26)33)25(24)12-9-22-8-7-19(16-31-22)18-5-4-6-21(30)13-18/h4-9,12-13,16-17,20,23-27H,3,10-11,14-15H2,1-2H3,(H,32,34)/t17-,20-,23+,24-,25-,26-,27-/m1/s1. The van der Waals surface area contributed by atoms with Gasteiger partial charge >= 0.3 is 12.1 Å². The topological polar surface area (TPSA) is 77.5 Å². The van der Waals surface area contributed by atoms with E-state index in [4.69, 9.17) is 9.47 Å². The van der Waals surface area contributed by atoms with Gasteiger partial charge in [-0.1, -0.05) is 24.3 Å². The van der Waals surface area contributed by atoms with Gasteiger partial charge in [0, 0.05) is 23.7 Å². The minimum atomic E-state index is -0.368. The Morgan fingerprint density at radius 3 is 2.83 bits per heavy atom. The molecule has 1 aliphatic heterocycles. The number of nitrogens with one attached hydrogen (secondary N) is 1. The Morgan fingerprint density at radius 2 is 2.08 bits per heavy atom. The number of allylic oxidation sites excluding steroid dienone is 1. The summed E-state index contributed by atoms with van der Waals surface area (Å²) >= 11 is 0. The van der Waals surface area contributed by atoms with Crippen molar-refractivity contribution in [2.24, 2.45) is 29.6 Å². The summed E-state index contributed by atoms with van der Waals surface area (Å²) in [6.07, 6.45) is 9.07. The van der Waals surface area contributed by atoms with Crippen molar-refractivity contribution in [3.05, 3.63) is 60.2 Å². The molecule has 1 saturated heterocycles. The van der Waals surface area contributed by atoms with Crippen LogP contribution >= 0.6 is 0 Å². The first-order valence-electron chi connectivity index (χ1n) is 13.0. The Morgan fingerprint density at radius 1 is 1.22 bits per heavy atom. The summed E-state index contributed by atoms with van der Waals surface area (Å²) in [4.78, 5) is 29.2. The fourth-order valence-electron chi connectivity index (χ4n) is 6.64. The average molecular weight is 493 g/mol. The van der Waals surface area contributed by atoms with Gasteiger partial charge in [0.1, 0.15) is 11.9 Å². The third kappa shape index (κ3) is 5.01. The van der Waals surface area contributed by atoms with E-state index in [9.17, 15) is 14.0 Å². The highest BCUT2D eigenvalue weighted by atomic mass is 19.1. The smallest absolute Gasteiger partial charge is 0.407 e. The van der Waals surface area contributed by atoms with Gasteiger partial charge in [0.25, 0.3) is 0 Å². The largest absolute Gasteiger partial charge is 0.462 e. The minimum absolute atomic E-state index is 0.0679. The van der Waals surface area contributed by atoms with Crippen LogP contribution in [0.1, 0.15) is 45.2 Å². The number of fused-ring (bicyclic) bond motifs is 2. The number of halogens is 1. The monoisotopic (exact) mass is 492 g/mol. The molecule has 0 radical (unpaired) electrons. The predicted molar refractivity (Wildman–Crippen MR) is 134 cm³/mol. The van der Waals surface area contributed by atoms with Crippen LogP contribution in [0.5, 0.6) is 0 Å². The highest BCUT2D eigenvalue weighted by Crippen LogP contribution is 2.53. The number of hydrogen-bond acceptors (Lipinski definition) is 5.